The van der Waals surface area contributed by atoms with Crippen LogP contribution >= 0.6 is 15.9 Å². The summed E-state index contributed by atoms with van der Waals surface area (Å²) in [5.41, 5.74) is 3.24. The quantitative estimate of drug-likeness (QED) is 0.460. The molecule has 0 aliphatic heterocycles. The number of H-pyrrole nitrogens is 1. The lowest BCUT2D eigenvalue weighted by atomic mass is 10.1. The van der Waals surface area contributed by atoms with E-state index in [9.17, 15) is 0 Å². The van der Waals surface area contributed by atoms with Gasteiger partial charge in [0.25, 0.3) is 0 Å². The number of nitrogens with one attached hydrogen (secondary N) is 1. The minimum Gasteiger partial charge on any atom is -0.339 e. The van der Waals surface area contributed by atoms with Crippen molar-refractivity contribution in [1.82, 2.24) is 9.97 Å². The van der Waals surface area contributed by atoms with Crippen molar-refractivity contribution >= 4 is 62.0 Å². The molecule has 2 heterocycles. The Morgan fingerprint density at radius 1 is 1.00 bits per heavy atom. The number of pyridine rings is 1. The van der Waals surface area contributed by atoms with Gasteiger partial charge in [0.05, 0.1) is 13.6 Å². The summed E-state index contributed by atoms with van der Waals surface area (Å²) in [5.74, 6) is 0. The first-order chi connectivity index (χ1) is 10.4. The number of aromatic nitrogens is 2. The first kappa shape index (κ1) is 14.0. The molecule has 0 unspecified atom stereocenters. The van der Waals surface area contributed by atoms with Gasteiger partial charge in [-0.15, -0.1) is 0 Å². The molecule has 1 N–H and O–H groups in total. The number of hydrogen-bond donors (Lipinski definition) is 1. The predicted octanol–water partition coefficient (Wildman–Crippen LogP) is 5.18. The van der Waals surface area contributed by atoms with Crippen LogP contribution in [0.2, 0.25) is 19.6 Å². The summed E-state index contributed by atoms with van der Waals surface area (Å²) in [6.45, 7) is 7.22. The number of hydrogen-bond acceptors (Lipinski definition) is 1. The molecule has 110 valence electrons. The van der Waals surface area contributed by atoms with Gasteiger partial charge >= 0.3 is 0 Å². The monoisotopic (exact) mass is 368 g/mol. The molecule has 0 bridgehead atoms. The SMILES string of the molecule is C[Si](C)(C)c1c2cc(Br)ccc2nc2[nH]c3ccccc3c12. The summed E-state index contributed by atoms with van der Waals surface area (Å²) < 4.78 is 1.11. The Labute approximate surface area is 138 Å². The Morgan fingerprint density at radius 3 is 2.55 bits per heavy atom. The number of para-hydroxylation sites is 1. The highest BCUT2D eigenvalue weighted by molar-refractivity contribution is 9.10. The second-order valence-electron chi connectivity index (χ2n) is 6.79. The molecule has 4 aromatic rings. The van der Waals surface area contributed by atoms with Gasteiger partial charge < -0.3 is 4.98 Å². The summed E-state index contributed by atoms with van der Waals surface area (Å²) in [4.78, 5) is 8.37. The van der Waals surface area contributed by atoms with Gasteiger partial charge in [-0.05, 0) is 29.5 Å². The van der Waals surface area contributed by atoms with Gasteiger partial charge in [-0.25, -0.2) is 4.98 Å². The maximum atomic E-state index is 4.88. The van der Waals surface area contributed by atoms with E-state index in [1.807, 2.05) is 0 Å². The molecule has 2 aromatic carbocycles. The van der Waals surface area contributed by atoms with Crippen LogP contribution in [0.4, 0.5) is 0 Å². The zero-order chi connectivity index (χ0) is 15.5. The zero-order valence-corrected chi connectivity index (χ0v) is 15.5. The fourth-order valence-electron chi connectivity index (χ4n) is 3.30. The smallest absolute Gasteiger partial charge is 0.138 e. The minimum atomic E-state index is -1.55. The molecule has 0 aliphatic rings. The van der Waals surface area contributed by atoms with E-state index in [0.29, 0.717) is 0 Å². The average molecular weight is 369 g/mol. The number of rotatable bonds is 1. The van der Waals surface area contributed by atoms with E-state index in [2.05, 4.69) is 83.0 Å². The first-order valence-corrected chi connectivity index (χ1v) is 11.7. The van der Waals surface area contributed by atoms with Gasteiger partial charge in [0.15, 0.2) is 0 Å². The zero-order valence-electron chi connectivity index (χ0n) is 12.9. The highest BCUT2D eigenvalue weighted by Crippen LogP contribution is 2.29. The van der Waals surface area contributed by atoms with Gasteiger partial charge in [-0.3, -0.25) is 0 Å². The van der Waals surface area contributed by atoms with E-state index in [0.717, 1.165) is 15.6 Å². The molecule has 2 aromatic heterocycles. The average Bonchev–Trinajstić information content (AvgIpc) is 2.81. The van der Waals surface area contributed by atoms with Crippen molar-refractivity contribution in [3.05, 3.63) is 46.9 Å². The highest BCUT2D eigenvalue weighted by Gasteiger charge is 2.25. The number of aromatic amines is 1. The third-order valence-electron chi connectivity index (χ3n) is 4.15. The third kappa shape index (κ3) is 2.01. The van der Waals surface area contributed by atoms with E-state index in [-0.39, 0.29) is 0 Å². The summed E-state index contributed by atoms with van der Waals surface area (Å²) in [7, 11) is -1.55. The lowest BCUT2D eigenvalue weighted by Gasteiger charge is -2.21. The van der Waals surface area contributed by atoms with Crippen LogP contribution < -0.4 is 5.19 Å². The van der Waals surface area contributed by atoms with Crippen molar-refractivity contribution in [3.63, 3.8) is 0 Å². The summed E-state index contributed by atoms with van der Waals surface area (Å²) in [5, 5.41) is 5.36. The maximum absolute atomic E-state index is 4.88. The van der Waals surface area contributed by atoms with Gasteiger partial charge in [0.1, 0.15) is 5.65 Å². The van der Waals surface area contributed by atoms with Crippen LogP contribution in [-0.2, 0) is 0 Å². The molecule has 0 aliphatic carbocycles. The maximum Gasteiger partial charge on any atom is 0.138 e. The lowest BCUT2D eigenvalue weighted by molar-refractivity contribution is 1.40. The van der Waals surface area contributed by atoms with E-state index < -0.39 is 8.07 Å². The van der Waals surface area contributed by atoms with Gasteiger partial charge in [0.2, 0.25) is 0 Å². The van der Waals surface area contributed by atoms with Crippen LogP contribution in [0.15, 0.2) is 46.9 Å². The Morgan fingerprint density at radius 2 is 1.77 bits per heavy atom. The topological polar surface area (TPSA) is 28.7 Å². The van der Waals surface area contributed by atoms with Crippen LogP contribution in [0.3, 0.4) is 0 Å². The number of halogens is 1. The third-order valence-corrected chi connectivity index (χ3v) is 6.66. The van der Waals surface area contributed by atoms with Crippen molar-refractivity contribution in [3.8, 4) is 0 Å². The fourth-order valence-corrected chi connectivity index (χ4v) is 5.68. The number of fused-ring (bicyclic) bond motifs is 4. The molecule has 0 amide bonds. The summed E-state index contributed by atoms with van der Waals surface area (Å²) in [6.07, 6.45) is 0. The Bertz CT molecular complexity index is 1030. The molecule has 0 radical (unpaired) electrons. The van der Waals surface area contributed by atoms with Crippen molar-refractivity contribution < 1.29 is 0 Å². The van der Waals surface area contributed by atoms with Crippen LogP contribution in [0.5, 0.6) is 0 Å². The molecule has 0 saturated carbocycles. The van der Waals surface area contributed by atoms with Gasteiger partial charge in [-0.1, -0.05) is 53.8 Å². The molecular weight excluding hydrogens is 352 g/mol. The molecule has 0 spiro atoms. The minimum absolute atomic E-state index is 1.01. The van der Waals surface area contributed by atoms with Crippen molar-refractivity contribution in [2.75, 3.05) is 0 Å². The second-order valence-corrected chi connectivity index (χ2v) is 12.7. The summed E-state index contributed by atoms with van der Waals surface area (Å²) in [6, 6.07) is 14.9. The van der Waals surface area contributed by atoms with Gasteiger partial charge in [-0.2, -0.15) is 0 Å². The second kappa shape index (κ2) is 4.67. The van der Waals surface area contributed by atoms with Crippen LogP contribution in [0.25, 0.3) is 32.8 Å². The first-order valence-electron chi connectivity index (χ1n) is 7.45. The van der Waals surface area contributed by atoms with E-state index in [1.54, 1.807) is 0 Å². The lowest BCUT2D eigenvalue weighted by Crippen LogP contribution is -2.39. The molecule has 0 atom stereocenters. The predicted molar refractivity (Wildman–Crippen MR) is 102 cm³/mol. The highest BCUT2D eigenvalue weighted by atomic mass is 79.9. The molecule has 4 heteroatoms. The summed E-state index contributed by atoms with van der Waals surface area (Å²) >= 11 is 3.62. The Balaban J connectivity index is 2.34. The molecule has 0 fully saturated rings. The molecule has 4 rings (SSSR count). The Hall–Kier alpha value is -1.65. The van der Waals surface area contributed by atoms with Crippen molar-refractivity contribution in [1.29, 1.82) is 0 Å². The van der Waals surface area contributed by atoms with E-state index in [1.165, 1.54) is 26.9 Å². The number of benzene rings is 2. The normalized spacial score (nSPS) is 12.5. The van der Waals surface area contributed by atoms with Crippen LogP contribution in [-0.4, -0.2) is 18.0 Å². The van der Waals surface area contributed by atoms with E-state index >= 15 is 0 Å². The van der Waals surface area contributed by atoms with E-state index in [4.69, 9.17) is 4.98 Å². The van der Waals surface area contributed by atoms with Crippen molar-refractivity contribution in [2.45, 2.75) is 19.6 Å². The largest absolute Gasteiger partial charge is 0.339 e. The fraction of sp³-hybridized carbons (Fsp3) is 0.167. The molecule has 22 heavy (non-hydrogen) atoms. The van der Waals surface area contributed by atoms with Gasteiger partial charge in [0, 0.05) is 26.1 Å². The Kier molecular flexibility index (Phi) is 2.97. The molecule has 0 saturated heterocycles. The van der Waals surface area contributed by atoms with Crippen molar-refractivity contribution in [2.24, 2.45) is 0 Å². The van der Waals surface area contributed by atoms with Crippen LogP contribution in [0.1, 0.15) is 0 Å². The standard InChI is InChI=1S/C18H17BrN2Si/c1-22(2,3)17-13-10-11(19)8-9-15(13)21-18-16(17)12-6-4-5-7-14(12)20-18/h4-10H,1-3H3,(H,20,21). The molecule has 2 nitrogen and oxygen atoms in total. The van der Waals surface area contributed by atoms with Crippen LogP contribution in [0, 0.1) is 0 Å². The molecular formula is C18H17BrN2Si. The number of nitrogens with zero attached hydrogens (tertiary/aromatic N) is 1.